The standard InChI is InChI=1S/C22H17FN2O2/c23-16-8-6-14(7-9-16)20-17(12-24)22(25)27-19-11-15(10-18(26)21(19)20)13-4-2-1-3-5-13/h1-9,15,20H,10-11,25H2/t15-,20+/m1/s1. The minimum Gasteiger partial charge on any atom is -0.444 e. The first kappa shape index (κ1) is 17.0. The number of benzene rings is 2. The van der Waals surface area contributed by atoms with Gasteiger partial charge in [-0.15, -0.1) is 0 Å². The van der Waals surface area contributed by atoms with E-state index in [0.717, 1.165) is 5.56 Å². The maximum Gasteiger partial charge on any atom is 0.205 e. The van der Waals surface area contributed by atoms with Crippen molar-refractivity contribution < 1.29 is 13.9 Å². The van der Waals surface area contributed by atoms with E-state index in [0.29, 0.717) is 29.7 Å². The summed E-state index contributed by atoms with van der Waals surface area (Å²) in [6.07, 6.45) is 0.866. The normalized spacial score (nSPS) is 22.1. The molecular formula is C22H17FN2O2. The Kier molecular flexibility index (Phi) is 4.25. The third kappa shape index (κ3) is 3.00. The number of carbonyl (C=O) groups excluding carboxylic acids is 1. The molecule has 0 unspecified atom stereocenters. The first-order valence-corrected chi connectivity index (χ1v) is 8.72. The maximum absolute atomic E-state index is 13.4. The van der Waals surface area contributed by atoms with E-state index in [2.05, 4.69) is 6.07 Å². The summed E-state index contributed by atoms with van der Waals surface area (Å²) in [6.45, 7) is 0. The Morgan fingerprint density at radius 2 is 1.74 bits per heavy atom. The Morgan fingerprint density at radius 3 is 2.41 bits per heavy atom. The molecule has 2 aliphatic rings. The first-order valence-electron chi connectivity index (χ1n) is 8.72. The Hall–Kier alpha value is -3.39. The van der Waals surface area contributed by atoms with Crippen LogP contribution in [0.3, 0.4) is 0 Å². The predicted octanol–water partition coefficient (Wildman–Crippen LogP) is 4.03. The lowest BCUT2D eigenvalue weighted by atomic mass is 9.73. The molecular weight excluding hydrogens is 343 g/mol. The lowest BCUT2D eigenvalue weighted by Crippen LogP contribution is -2.29. The largest absolute Gasteiger partial charge is 0.444 e. The van der Waals surface area contributed by atoms with Crippen LogP contribution in [0, 0.1) is 17.1 Å². The van der Waals surface area contributed by atoms with Gasteiger partial charge in [-0.3, -0.25) is 4.79 Å². The Morgan fingerprint density at radius 1 is 1.04 bits per heavy atom. The van der Waals surface area contributed by atoms with Crippen LogP contribution in [0.2, 0.25) is 0 Å². The van der Waals surface area contributed by atoms with Gasteiger partial charge in [-0.1, -0.05) is 42.5 Å². The molecule has 0 saturated heterocycles. The van der Waals surface area contributed by atoms with Crippen molar-refractivity contribution in [3.8, 4) is 6.07 Å². The highest BCUT2D eigenvalue weighted by atomic mass is 19.1. The summed E-state index contributed by atoms with van der Waals surface area (Å²) in [6, 6.07) is 17.6. The first-order chi connectivity index (χ1) is 13.1. The molecule has 2 aromatic rings. The van der Waals surface area contributed by atoms with Crippen LogP contribution in [-0.2, 0) is 9.53 Å². The molecule has 134 valence electrons. The van der Waals surface area contributed by atoms with Crippen LogP contribution in [-0.4, -0.2) is 5.78 Å². The van der Waals surface area contributed by atoms with E-state index in [9.17, 15) is 14.4 Å². The molecule has 0 amide bonds. The van der Waals surface area contributed by atoms with E-state index in [1.807, 2.05) is 30.3 Å². The molecule has 5 heteroatoms. The number of allylic oxidation sites excluding steroid dienone is 3. The summed E-state index contributed by atoms with van der Waals surface area (Å²) in [5, 5.41) is 9.58. The fourth-order valence-electron chi connectivity index (χ4n) is 3.86. The van der Waals surface area contributed by atoms with E-state index >= 15 is 0 Å². The lowest BCUT2D eigenvalue weighted by molar-refractivity contribution is -0.117. The Labute approximate surface area is 156 Å². The van der Waals surface area contributed by atoms with Crippen molar-refractivity contribution in [2.24, 2.45) is 5.73 Å². The van der Waals surface area contributed by atoms with Gasteiger partial charge < -0.3 is 10.5 Å². The topological polar surface area (TPSA) is 76.1 Å². The monoisotopic (exact) mass is 360 g/mol. The van der Waals surface area contributed by atoms with Gasteiger partial charge in [-0.05, 0) is 29.2 Å². The van der Waals surface area contributed by atoms with Crippen LogP contribution in [0.4, 0.5) is 4.39 Å². The summed E-state index contributed by atoms with van der Waals surface area (Å²) in [5.74, 6) is -0.557. The molecule has 2 N–H and O–H groups in total. The molecule has 2 aromatic carbocycles. The van der Waals surface area contributed by atoms with Crippen molar-refractivity contribution in [3.05, 3.63) is 94.3 Å². The number of nitriles is 1. The molecule has 0 aromatic heterocycles. The second-order valence-electron chi connectivity index (χ2n) is 6.75. The minimum absolute atomic E-state index is 0.00255. The van der Waals surface area contributed by atoms with Crippen molar-refractivity contribution in [1.82, 2.24) is 0 Å². The van der Waals surface area contributed by atoms with E-state index in [4.69, 9.17) is 10.5 Å². The van der Waals surface area contributed by atoms with E-state index in [-0.39, 0.29) is 29.0 Å². The number of rotatable bonds is 2. The third-order valence-electron chi connectivity index (χ3n) is 5.14. The minimum atomic E-state index is -0.622. The fourth-order valence-corrected chi connectivity index (χ4v) is 3.86. The van der Waals surface area contributed by atoms with Gasteiger partial charge in [0, 0.05) is 18.4 Å². The summed E-state index contributed by atoms with van der Waals surface area (Å²) < 4.78 is 19.1. The number of nitrogens with two attached hydrogens (primary N) is 1. The highest BCUT2D eigenvalue weighted by Gasteiger charge is 2.40. The number of halogens is 1. The van der Waals surface area contributed by atoms with Gasteiger partial charge in [0.25, 0.3) is 0 Å². The molecule has 4 rings (SSSR count). The van der Waals surface area contributed by atoms with Gasteiger partial charge in [0.2, 0.25) is 5.88 Å². The van der Waals surface area contributed by atoms with Gasteiger partial charge in [0.15, 0.2) is 5.78 Å². The molecule has 0 fully saturated rings. The summed E-state index contributed by atoms with van der Waals surface area (Å²) in [4.78, 5) is 13.0. The highest BCUT2D eigenvalue weighted by Crippen LogP contribution is 2.46. The number of hydrogen-bond acceptors (Lipinski definition) is 4. The molecule has 0 radical (unpaired) electrons. The number of nitrogens with zero attached hydrogens (tertiary/aromatic N) is 1. The van der Waals surface area contributed by atoms with Crippen LogP contribution < -0.4 is 5.73 Å². The molecule has 0 spiro atoms. The zero-order valence-electron chi connectivity index (χ0n) is 14.5. The Balaban J connectivity index is 1.79. The van der Waals surface area contributed by atoms with Crippen molar-refractivity contribution >= 4 is 5.78 Å². The van der Waals surface area contributed by atoms with Crippen LogP contribution >= 0.6 is 0 Å². The Bertz CT molecular complexity index is 1000. The second-order valence-corrected chi connectivity index (χ2v) is 6.75. The lowest BCUT2D eigenvalue weighted by Gasteiger charge is -2.34. The average Bonchev–Trinajstić information content (AvgIpc) is 2.68. The average molecular weight is 360 g/mol. The van der Waals surface area contributed by atoms with Crippen LogP contribution in [0.1, 0.15) is 35.8 Å². The molecule has 2 atom stereocenters. The summed E-state index contributed by atoms with van der Waals surface area (Å²) >= 11 is 0. The molecule has 4 nitrogen and oxygen atoms in total. The zero-order chi connectivity index (χ0) is 19.0. The smallest absolute Gasteiger partial charge is 0.205 e. The summed E-state index contributed by atoms with van der Waals surface area (Å²) in [7, 11) is 0. The predicted molar refractivity (Wildman–Crippen MR) is 97.5 cm³/mol. The fraction of sp³-hybridized carbons (Fsp3) is 0.182. The van der Waals surface area contributed by atoms with Gasteiger partial charge in [-0.2, -0.15) is 5.26 Å². The number of Topliss-reactive ketones (excluding diaryl/α,β-unsaturated/α-hetero) is 1. The molecule has 1 aliphatic carbocycles. The van der Waals surface area contributed by atoms with E-state index in [1.54, 1.807) is 12.1 Å². The second kappa shape index (κ2) is 6.73. The highest BCUT2D eigenvalue weighted by molar-refractivity contribution is 6.00. The maximum atomic E-state index is 13.4. The molecule has 0 bridgehead atoms. The van der Waals surface area contributed by atoms with E-state index < -0.39 is 5.92 Å². The van der Waals surface area contributed by atoms with Gasteiger partial charge in [0.05, 0.1) is 5.92 Å². The SMILES string of the molecule is N#CC1=C(N)OC2=C(C(=O)C[C@@H](c3ccccc3)C2)[C@H]1c1ccc(F)cc1. The van der Waals surface area contributed by atoms with Crippen molar-refractivity contribution in [3.63, 3.8) is 0 Å². The van der Waals surface area contributed by atoms with Gasteiger partial charge in [-0.25, -0.2) is 4.39 Å². The number of hydrogen-bond donors (Lipinski definition) is 1. The van der Waals surface area contributed by atoms with Crippen LogP contribution in [0.15, 0.2) is 77.4 Å². The van der Waals surface area contributed by atoms with Crippen molar-refractivity contribution in [1.29, 1.82) is 5.26 Å². The van der Waals surface area contributed by atoms with Crippen molar-refractivity contribution in [2.45, 2.75) is 24.7 Å². The van der Waals surface area contributed by atoms with Crippen molar-refractivity contribution in [2.75, 3.05) is 0 Å². The zero-order valence-corrected chi connectivity index (χ0v) is 14.5. The number of ether oxygens (including phenoxy) is 1. The van der Waals surface area contributed by atoms with Gasteiger partial charge >= 0.3 is 0 Å². The third-order valence-corrected chi connectivity index (χ3v) is 5.14. The number of ketones is 1. The molecule has 1 heterocycles. The number of carbonyl (C=O) groups is 1. The summed E-state index contributed by atoms with van der Waals surface area (Å²) in [5.41, 5.74) is 8.36. The molecule has 27 heavy (non-hydrogen) atoms. The molecule has 0 saturated carbocycles. The van der Waals surface area contributed by atoms with Crippen LogP contribution in [0.25, 0.3) is 0 Å². The van der Waals surface area contributed by atoms with E-state index in [1.165, 1.54) is 12.1 Å². The molecule has 1 aliphatic heterocycles. The quantitative estimate of drug-likeness (QED) is 0.877. The van der Waals surface area contributed by atoms with Crippen LogP contribution in [0.5, 0.6) is 0 Å². The van der Waals surface area contributed by atoms with Gasteiger partial charge in [0.1, 0.15) is 23.2 Å².